The van der Waals surface area contributed by atoms with E-state index in [1.807, 2.05) is 0 Å². The number of nitrogens with zero attached hydrogens (tertiary/aromatic N) is 4. The number of benzene rings is 1. The lowest BCUT2D eigenvalue weighted by Gasteiger charge is -2.12. The molecule has 2 aromatic heterocycles. The van der Waals surface area contributed by atoms with Crippen molar-refractivity contribution >= 4 is 17.9 Å². The lowest BCUT2D eigenvalue weighted by molar-refractivity contribution is -0.108. The van der Waals surface area contributed by atoms with Gasteiger partial charge in [0.15, 0.2) is 11.5 Å². The fraction of sp³-hybridized carbons (Fsp3) is 0.294. The summed E-state index contributed by atoms with van der Waals surface area (Å²) in [5, 5.41) is 8.15. The molecule has 1 aliphatic rings. The number of carbonyl (C=O) groups excluding carboxylic acids is 1. The largest absolute Gasteiger partial charge is 0.332 e. The molecular weight excluding hydrogens is 385 g/mol. The van der Waals surface area contributed by atoms with E-state index in [1.54, 1.807) is 6.07 Å². The molecule has 0 spiro atoms. The van der Waals surface area contributed by atoms with E-state index in [0.717, 1.165) is 10.7 Å². The van der Waals surface area contributed by atoms with Gasteiger partial charge in [0.1, 0.15) is 17.8 Å². The molecule has 0 atom stereocenters. The SMILES string of the molecule is O=CCn1nc(-c2nc(C3(c4ccc(F)cc4Cl)CC3)no2)cc1C(F)F. The Hall–Kier alpha value is -2.68. The zero-order valence-corrected chi connectivity index (χ0v) is 14.5. The van der Waals surface area contributed by atoms with Crippen molar-refractivity contribution in [2.24, 2.45) is 0 Å². The van der Waals surface area contributed by atoms with Gasteiger partial charge in [0.2, 0.25) is 0 Å². The van der Waals surface area contributed by atoms with Gasteiger partial charge in [-0.05, 0) is 36.6 Å². The summed E-state index contributed by atoms with van der Waals surface area (Å²) in [4.78, 5) is 14.9. The number of hydrogen-bond donors (Lipinski definition) is 0. The monoisotopic (exact) mass is 396 g/mol. The van der Waals surface area contributed by atoms with Crippen LogP contribution in [0.2, 0.25) is 5.02 Å². The van der Waals surface area contributed by atoms with E-state index in [9.17, 15) is 18.0 Å². The summed E-state index contributed by atoms with van der Waals surface area (Å²) in [5.41, 5.74) is -0.284. The third-order valence-corrected chi connectivity index (χ3v) is 4.86. The van der Waals surface area contributed by atoms with Crippen molar-refractivity contribution in [3.8, 4) is 11.6 Å². The Balaban J connectivity index is 1.70. The molecule has 0 radical (unpaired) electrons. The molecular formula is C17H12ClF3N4O2. The first-order valence-electron chi connectivity index (χ1n) is 8.04. The van der Waals surface area contributed by atoms with Crippen LogP contribution in [0, 0.1) is 5.82 Å². The Morgan fingerprint density at radius 2 is 2.11 bits per heavy atom. The van der Waals surface area contributed by atoms with Crippen molar-refractivity contribution < 1.29 is 22.5 Å². The summed E-state index contributed by atoms with van der Waals surface area (Å²) in [6.07, 6.45) is -0.947. The average Bonchev–Trinajstić information content (AvgIpc) is 3.07. The molecule has 27 heavy (non-hydrogen) atoms. The van der Waals surface area contributed by atoms with E-state index in [2.05, 4.69) is 15.2 Å². The predicted octanol–water partition coefficient (Wildman–Crippen LogP) is 3.94. The van der Waals surface area contributed by atoms with Gasteiger partial charge >= 0.3 is 0 Å². The number of aromatic nitrogens is 4. The number of rotatable bonds is 6. The molecule has 2 heterocycles. The second-order valence-electron chi connectivity index (χ2n) is 6.23. The highest BCUT2D eigenvalue weighted by Gasteiger charge is 2.51. The number of hydrogen-bond acceptors (Lipinski definition) is 5. The molecule has 6 nitrogen and oxygen atoms in total. The Kier molecular flexibility index (Phi) is 4.26. The van der Waals surface area contributed by atoms with E-state index in [0.29, 0.717) is 30.5 Å². The second-order valence-corrected chi connectivity index (χ2v) is 6.64. The van der Waals surface area contributed by atoms with Crippen molar-refractivity contribution in [1.82, 2.24) is 19.9 Å². The van der Waals surface area contributed by atoms with Crippen molar-refractivity contribution in [2.75, 3.05) is 0 Å². The van der Waals surface area contributed by atoms with E-state index in [-0.39, 0.29) is 23.2 Å². The van der Waals surface area contributed by atoms with E-state index >= 15 is 0 Å². The first kappa shape index (κ1) is 17.7. The standard InChI is InChI=1S/C17H12ClF3N4O2/c18-11-7-9(19)1-2-10(11)17(3-4-17)16-22-15(27-24-16)12-8-13(14(20)21)25(23-12)5-6-26/h1-2,6-8,14H,3-5H2. The fourth-order valence-electron chi connectivity index (χ4n) is 3.07. The molecule has 1 aliphatic carbocycles. The topological polar surface area (TPSA) is 73.8 Å². The zero-order chi connectivity index (χ0) is 19.2. The van der Waals surface area contributed by atoms with Gasteiger partial charge in [-0.3, -0.25) is 4.68 Å². The highest BCUT2D eigenvalue weighted by Crippen LogP contribution is 2.54. The minimum Gasteiger partial charge on any atom is -0.332 e. The summed E-state index contributed by atoms with van der Waals surface area (Å²) in [6, 6.07) is 5.20. The Morgan fingerprint density at radius 1 is 1.33 bits per heavy atom. The predicted molar refractivity (Wildman–Crippen MR) is 88.0 cm³/mol. The van der Waals surface area contributed by atoms with Crippen LogP contribution >= 0.6 is 11.6 Å². The van der Waals surface area contributed by atoms with Crippen LogP contribution in [0.25, 0.3) is 11.6 Å². The van der Waals surface area contributed by atoms with Crippen LogP contribution in [0.3, 0.4) is 0 Å². The van der Waals surface area contributed by atoms with Gasteiger partial charge in [-0.15, -0.1) is 0 Å². The smallest absolute Gasteiger partial charge is 0.280 e. The summed E-state index contributed by atoms with van der Waals surface area (Å²) in [7, 11) is 0. The van der Waals surface area contributed by atoms with E-state index < -0.39 is 23.4 Å². The Morgan fingerprint density at radius 3 is 2.74 bits per heavy atom. The molecule has 0 bridgehead atoms. The summed E-state index contributed by atoms with van der Waals surface area (Å²) in [5.74, 6) is -0.163. The quantitative estimate of drug-likeness (QED) is 0.590. The molecule has 0 saturated heterocycles. The number of halogens is 4. The van der Waals surface area contributed by atoms with Crippen molar-refractivity contribution in [2.45, 2.75) is 31.2 Å². The van der Waals surface area contributed by atoms with Crippen molar-refractivity contribution in [3.63, 3.8) is 0 Å². The maximum absolute atomic E-state index is 13.3. The molecule has 3 aromatic rings. The minimum atomic E-state index is -2.80. The molecule has 1 fully saturated rings. The van der Waals surface area contributed by atoms with Crippen LogP contribution < -0.4 is 0 Å². The first-order chi connectivity index (χ1) is 12.9. The summed E-state index contributed by atoms with van der Waals surface area (Å²) < 4.78 is 45.6. The maximum atomic E-state index is 13.3. The van der Waals surface area contributed by atoms with Gasteiger partial charge in [0.05, 0.1) is 12.0 Å². The van der Waals surface area contributed by atoms with Gasteiger partial charge in [-0.1, -0.05) is 22.8 Å². The highest BCUT2D eigenvalue weighted by molar-refractivity contribution is 6.31. The second kappa shape index (κ2) is 6.49. The first-order valence-corrected chi connectivity index (χ1v) is 8.42. The van der Waals surface area contributed by atoms with Gasteiger partial charge in [-0.25, -0.2) is 13.2 Å². The normalized spacial score (nSPS) is 15.3. The van der Waals surface area contributed by atoms with Gasteiger partial charge < -0.3 is 9.32 Å². The maximum Gasteiger partial charge on any atom is 0.280 e. The van der Waals surface area contributed by atoms with Crippen LogP contribution in [0.15, 0.2) is 28.8 Å². The number of aldehydes is 1. The minimum absolute atomic E-state index is 0.0407. The molecule has 1 aromatic carbocycles. The highest BCUT2D eigenvalue weighted by atomic mass is 35.5. The molecule has 0 amide bonds. The molecule has 0 N–H and O–H groups in total. The molecule has 10 heteroatoms. The molecule has 1 saturated carbocycles. The third-order valence-electron chi connectivity index (χ3n) is 4.55. The van der Waals surface area contributed by atoms with Crippen LogP contribution in [0.1, 0.15) is 36.3 Å². The molecule has 4 rings (SSSR count). The van der Waals surface area contributed by atoms with Crippen LogP contribution in [-0.4, -0.2) is 26.2 Å². The lowest BCUT2D eigenvalue weighted by Crippen LogP contribution is -2.11. The molecule has 0 aliphatic heterocycles. The van der Waals surface area contributed by atoms with Crippen molar-refractivity contribution in [1.29, 1.82) is 0 Å². The molecule has 140 valence electrons. The van der Waals surface area contributed by atoms with Crippen LogP contribution in [0.4, 0.5) is 13.2 Å². The zero-order valence-electron chi connectivity index (χ0n) is 13.7. The van der Waals surface area contributed by atoms with Crippen LogP contribution in [0.5, 0.6) is 0 Å². The summed E-state index contributed by atoms with van der Waals surface area (Å²) in [6.45, 7) is -0.310. The van der Waals surface area contributed by atoms with Gasteiger partial charge in [-0.2, -0.15) is 10.1 Å². The van der Waals surface area contributed by atoms with Crippen molar-refractivity contribution in [3.05, 3.63) is 52.2 Å². The average molecular weight is 397 g/mol. The summed E-state index contributed by atoms with van der Waals surface area (Å²) >= 11 is 6.16. The molecule has 0 unspecified atom stereocenters. The van der Waals surface area contributed by atoms with E-state index in [4.69, 9.17) is 16.1 Å². The van der Waals surface area contributed by atoms with E-state index in [1.165, 1.54) is 12.1 Å². The van der Waals surface area contributed by atoms with Crippen LogP contribution in [-0.2, 0) is 16.8 Å². The van der Waals surface area contributed by atoms with Gasteiger partial charge in [0.25, 0.3) is 12.3 Å². The van der Waals surface area contributed by atoms with Gasteiger partial charge in [0, 0.05) is 5.02 Å². The fourth-order valence-corrected chi connectivity index (χ4v) is 3.41. The Labute approximate surface area is 155 Å². The number of carbonyl (C=O) groups is 1. The lowest BCUT2D eigenvalue weighted by atomic mass is 9.95. The third kappa shape index (κ3) is 3.01. The Bertz CT molecular complexity index is 1010. The number of alkyl halides is 2.